The molecule has 0 spiro atoms. The summed E-state index contributed by atoms with van der Waals surface area (Å²) in [5, 5.41) is 4.07. The van der Waals surface area contributed by atoms with Crippen molar-refractivity contribution in [1.29, 1.82) is 0 Å². The van der Waals surface area contributed by atoms with Crippen LogP contribution in [0, 0.1) is 6.92 Å². The molecule has 0 aliphatic heterocycles. The van der Waals surface area contributed by atoms with E-state index in [2.05, 4.69) is 10.0 Å². The number of benzene rings is 1. The minimum atomic E-state index is 0.332. The van der Waals surface area contributed by atoms with E-state index in [-0.39, 0.29) is 0 Å². The highest BCUT2D eigenvalue weighted by Crippen LogP contribution is 2.20. The Kier molecular flexibility index (Phi) is 4.11. The van der Waals surface area contributed by atoms with Crippen LogP contribution in [-0.4, -0.2) is 13.2 Å². The summed E-state index contributed by atoms with van der Waals surface area (Å²) < 4.78 is 5.32. The molecule has 0 saturated heterocycles. The van der Waals surface area contributed by atoms with Gasteiger partial charge in [-0.05, 0) is 36.2 Å². The van der Waals surface area contributed by atoms with Crippen molar-refractivity contribution in [2.45, 2.75) is 6.92 Å². The fourth-order valence-electron chi connectivity index (χ4n) is 0.956. The van der Waals surface area contributed by atoms with Gasteiger partial charge in [0, 0.05) is 9.93 Å². The third-order valence-electron chi connectivity index (χ3n) is 1.65. The Balaban J connectivity index is 2.51. The number of rotatable bonds is 4. The molecule has 4 nitrogen and oxygen atoms in total. The number of halogens is 1. The normalized spacial score (nSPS) is 9.29. The first-order chi connectivity index (χ1) is 6.74. The Morgan fingerprint density at radius 3 is 3.00 bits per heavy atom. The molecule has 5 heteroatoms. The van der Waals surface area contributed by atoms with E-state index < -0.39 is 0 Å². The lowest BCUT2D eigenvalue weighted by Gasteiger charge is -2.05. The average Bonchev–Trinajstić information content (AvgIpc) is 2.18. The molecule has 0 unspecified atom stereocenters. The summed E-state index contributed by atoms with van der Waals surface area (Å²) >= 11 is 5.84. The molecule has 0 radical (unpaired) electrons. The molecule has 1 rings (SSSR count). The lowest BCUT2D eigenvalue weighted by Crippen LogP contribution is -2.00. The van der Waals surface area contributed by atoms with Crippen LogP contribution in [0.5, 0.6) is 5.75 Å². The van der Waals surface area contributed by atoms with Crippen LogP contribution in [0.25, 0.3) is 10.4 Å². The van der Waals surface area contributed by atoms with Crippen molar-refractivity contribution in [2.24, 2.45) is 5.11 Å². The number of aryl methyl sites for hydroxylation is 1. The fraction of sp³-hybridized carbons (Fsp3) is 0.333. The molecule has 1 aromatic carbocycles. The lowest BCUT2D eigenvalue weighted by molar-refractivity contribution is 0.328. The zero-order valence-electron chi connectivity index (χ0n) is 7.77. The van der Waals surface area contributed by atoms with Gasteiger partial charge in [-0.25, -0.2) is 0 Å². The Morgan fingerprint density at radius 2 is 2.36 bits per heavy atom. The second kappa shape index (κ2) is 5.37. The van der Waals surface area contributed by atoms with Crippen LogP contribution in [-0.2, 0) is 0 Å². The maximum Gasteiger partial charge on any atom is 0.119 e. The molecule has 0 heterocycles. The monoisotopic (exact) mass is 211 g/mol. The Hall–Kier alpha value is -1.38. The van der Waals surface area contributed by atoms with Crippen LogP contribution in [0.3, 0.4) is 0 Å². The Morgan fingerprint density at radius 1 is 1.57 bits per heavy atom. The van der Waals surface area contributed by atoms with Crippen molar-refractivity contribution in [3.05, 3.63) is 39.2 Å². The first-order valence-corrected chi connectivity index (χ1v) is 4.51. The average molecular weight is 212 g/mol. The van der Waals surface area contributed by atoms with Gasteiger partial charge in [0.1, 0.15) is 5.75 Å². The molecule has 1 aromatic rings. The molecule has 0 aliphatic rings. The van der Waals surface area contributed by atoms with Gasteiger partial charge >= 0.3 is 0 Å². The smallest absolute Gasteiger partial charge is 0.119 e. The molecule has 74 valence electrons. The number of ether oxygens (including phenoxy) is 1. The predicted octanol–water partition coefficient (Wildman–Crippen LogP) is 3.34. The summed E-state index contributed by atoms with van der Waals surface area (Å²) in [6.07, 6.45) is 0. The minimum Gasteiger partial charge on any atom is -0.493 e. The van der Waals surface area contributed by atoms with Gasteiger partial charge in [-0.3, -0.25) is 0 Å². The van der Waals surface area contributed by atoms with Gasteiger partial charge in [-0.15, -0.1) is 0 Å². The van der Waals surface area contributed by atoms with Crippen molar-refractivity contribution in [3.8, 4) is 5.75 Å². The Labute approximate surface area is 87.1 Å². The highest BCUT2D eigenvalue weighted by Gasteiger charge is 1.97. The van der Waals surface area contributed by atoms with Crippen LogP contribution >= 0.6 is 11.6 Å². The van der Waals surface area contributed by atoms with Crippen LogP contribution < -0.4 is 4.74 Å². The zero-order chi connectivity index (χ0) is 10.4. The van der Waals surface area contributed by atoms with E-state index in [0.29, 0.717) is 18.2 Å². The molecule has 0 aliphatic carbocycles. The maximum atomic E-state index is 8.03. The first kappa shape index (κ1) is 10.7. The molecule has 0 saturated carbocycles. The predicted molar refractivity (Wildman–Crippen MR) is 55.7 cm³/mol. The summed E-state index contributed by atoms with van der Waals surface area (Å²) in [6.45, 7) is 2.62. The molecule has 0 N–H and O–H groups in total. The van der Waals surface area contributed by atoms with Crippen LogP contribution in [0.15, 0.2) is 23.3 Å². The van der Waals surface area contributed by atoms with Crippen LogP contribution in [0.4, 0.5) is 0 Å². The molecule has 0 bridgehead atoms. The van der Waals surface area contributed by atoms with E-state index in [4.69, 9.17) is 21.9 Å². The van der Waals surface area contributed by atoms with E-state index in [0.717, 1.165) is 11.3 Å². The third kappa shape index (κ3) is 3.17. The number of hydrogen-bond donors (Lipinski definition) is 0. The van der Waals surface area contributed by atoms with Crippen molar-refractivity contribution < 1.29 is 4.74 Å². The summed E-state index contributed by atoms with van der Waals surface area (Å²) in [5.41, 5.74) is 8.99. The summed E-state index contributed by atoms with van der Waals surface area (Å²) in [7, 11) is 0. The quantitative estimate of drug-likeness (QED) is 0.326. The van der Waals surface area contributed by atoms with Crippen molar-refractivity contribution >= 4 is 11.6 Å². The largest absolute Gasteiger partial charge is 0.493 e. The van der Waals surface area contributed by atoms with E-state index in [1.165, 1.54) is 0 Å². The summed E-state index contributed by atoms with van der Waals surface area (Å²) in [5.74, 6) is 0.736. The number of hydrogen-bond acceptors (Lipinski definition) is 2. The second-order valence-corrected chi connectivity index (χ2v) is 3.12. The van der Waals surface area contributed by atoms with Gasteiger partial charge in [0.15, 0.2) is 0 Å². The number of nitrogens with zero attached hydrogens (tertiary/aromatic N) is 3. The van der Waals surface area contributed by atoms with Crippen molar-refractivity contribution in [2.75, 3.05) is 13.2 Å². The molecular formula is C9H10ClN3O. The van der Waals surface area contributed by atoms with Gasteiger partial charge in [0.2, 0.25) is 0 Å². The van der Waals surface area contributed by atoms with Gasteiger partial charge in [0.25, 0.3) is 0 Å². The summed E-state index contributed by atoms with van der Waals surface area (Å²) in [6, 6.07) is 5.41. The molecule has 14 heavy (non-hydrogen) atoms. The van der Waals surface area contributed by atoms with Crippen molar-refractivity contribution in [3.63, 3.8) is 0 Å². The third-order valence-corrected chi connectivity index (χ3v) is 2.08. The maximum absolute atomic E-state index is 8.03. The molecule has 0 amide bonds. The van der Waals surface area contributed by atoms with E-state index >= 15 is 0 Å². The van der Waals surface area contributed by atoms with Crippen LogP contribution in [0.2, 0.25) is 5.02 Å². The highest BCUT2D eigenvalue weighted by atomic mass is 35.5. The van der Waals surface area contributed by atoms with E-state index in [1.807, 2.05) is 13.0 Å². The molecule has 0 fully saturated rings. The summed E-state index contributed by atoms with van der Waals surface area (Å²) in [4.78, 5) is 2.62. The lowest BCUT2D eigenvalue weighted by atomic mass is 10.2. The van der Waals surface area contributed by atoms with Gasteiger partial charge < -0.3 is 4.74 Å². The second-order valence-electron chi connectivity index (χ2n) is 2.71. The van der Waals surface area contributed by atoms with Crippen LogP contribution in [0.1, 0.15) is 5.56 Å². The van der Waals surface area contributed by atoms with Crippen molar-refractivity contribution in [1.82, 2.24) is 0 Å². The van der Waals surface area contributed by atoms with E-state index in [1.54, 1.807) is 12.1 Å². The Bertz CT molecular complexity index is 361. The minimum absolute atomic E-state index is 0.332. The molecular weight excluding hydrogens is 202 g/mol. The topological polar surface area (TPSA) is 58.0 Å². The SMILES string of the molecule is Cc1cc(OCCN=[N+]=[N-])ccc1Cl. The first-order valence-electron chi connectivity index (χ1n) is 4.14. The standard InChI is InChI=1S/C9H10ClN3O/c1-7-6-8(2-3-9(7)10)14-5-4-12-13-11/h2-3,6H,4-5H2,1H3. The van der Waals surface area contributed by atoms with Gasteiger partial charge in [0.05, 0.1) is 13.2 Å². The fourth-order valence-corrected chi connectivity index (χ4v) is 1.07. The van der Waals surface area contributed by atoms with Gasteiger partial charge in [-0.2, -0.15) is 0 Å². The number of azide groups is 1. The zero-order valence-corrected chi connectivity index (χ0v) is 8.53. The molecule has 0 aromatic heterocycles. The van der Waals surface area contributed by atoms with E-state index in [9.17, 15) is 0 Å². The van der Waals surface area contributed by atoms with Gasteiger partial charge in [-0.1, -0.05) is 16.7 Å². The molecule has 0 atom stereocenters. The highest BCUT2D eigenvalue weighted by molar-refractivity contribution is 6.31.